The molecule has 2 heterocycles. The summed E-state index contributed by atoms with van der Waals surface area (Å²) in [5.41, 5.74) is 2.82. The van der Waals surface area contributed by atoms with Gasteiger partial charge in [0.05, 0.1) is 12.1 Å². The van der Waals surface area contributed by atoms with Gasteiger partial charge in [0.15, 0.2) is 0 Å². The van der Waals surface area contributed by atoms with Gasteiger partial charge in [0.2, 0.25) is 5.91 Å². The third-order valence-corrected chi connectivity index (χ3v) is 5.14. The standard InChI is InChI=1S/C21H26N6O4/c1-13-4-7-18(25-24-13)22-8-9-23-20(30)14-5-6-16-15(10-14)12-26(2)21(31)17(27(16)3)11-19(28)29/h4-7,10,17H,8-9,11-12H2,1-3H3,(H,22,25)(H,23,30)(H,28,29). The number of rotatable bonds is 7. The normalized spacial score (nSPS) is 15.8. The maximum absolute atomic E-state index is 12.6. The number of carbonyl (C=O) groups is 3. The van der Waals surface area contributed by atoms with Gasteiger partial charge in [-0.25, -0.2) is 0 Å². The second kappa shape index (κ2) is 9.41. The van der Waals surface area contributed by atoms with E-state index in [2.05, 4.69) is 20.8 Å². The Morgan fingerprint density at radius 1 is 1.16 bits per heavy atom. The Morgan fingerprint density at radius 3 is 2.61 bits per heavy atom. The third kappa shape index (κ3) is 5.27. The maximum atomic E-state index is 12.6. The highest BCUT2D eigenvalue weighted by molar-refractivity contribution is 5.96. The van der Waals surface area contributed by atoms with Crippen LogP contribution < -0.4 is 15.5 Å². The minimum Gasteiger partial charge on any atom is -0.481 e. The molecule has 2 aromatic rings. The van der Waals surface area contributed by atoms with Gasteiger partial charge in [-0.3, -0.25) is 14.4 Å². The lowest BCUT2D eigenvalue weighted by Crippen LogP contribution is -2.44. The summed E-state index contributed by atoms with van der Waals surface area (Å²) in [5, 5.41) is 23.1. The van der Waals surface area contributed by atoms with E-state index < -0.39 is 12.0 Å². The van der Waals surface area contributed by atoms with Gasteiger partial charge < -0.3 is 25.5 Å². The summed E-state index contributed by atoms with van der Waals surface area (Å²) < 4.78 is 0. The van der Waals surface area contributed by atoms with Crippen molar-refractivity contribution in [2.75, 3.05) is 37.4 Å². The van der Waals surface area contributed by atoms with Gasteiger partial charge in [0.25, 0.3) is 5.91 Å². The molecule has 1 aromatic carbocycles. The van der Waals surface area contributed by atoms with E-state index in [0.717, 1.165) is 16.9 Å². The van der Waals surface area contributed by atoms with Gasteiger partial charge in [-0.1, -0.05) is 0 Å². The van der Waals surface area contributed by atoms with Crippen LogP contribution in [0.15, 0.2) is 30.3 Å². The number of nitrogens with one attached hydrogen (secondary N) is 2. The van der Waals surface area contributed by atoms with Crippen LogP contribution in [0.5, 0.6) is 0 Å². The van der Waals surface area contributed by atoms with Crippen molar-refractivity contribution >= 4 is 29.3 Å². The highest BCUT2D eigenvalue weighted by atomic mass is 16.4. The quantitative estimate of drug-likeness (QED) is 0.557. The minimum absolute atomic E-state index is 0.234. The van der Waals surface area contributed by atoms with E-state index in [0.29, 0.717) is 31.0 Å². The van der Waals surface area contributed by atoms with Crippen LogP contribution in [-0.2, 0) is 16.1 Å². The molecule has 0 saturated carbocycles. The topological polar surface area (TPSA) is 128 Å². The average Bonchev–Trinajstić information content (AvgIpc) is 2.82. The molecule has 1 atom stereocenters. The first kappa shape index (κ1) is 22.0. The van der Waals surface area contributed by atoms with Gasteiger partial charge in [-0.2, -0.15) is 5.10 Å². The molecular formula is C21H26N6O4. The summed E-state index contributed by atoms with van der Waals surface area (Å²) in [6, 6.07) is 8.06. The number of carboxylic acids is 1. The number of likely N-dealkylation sites (N-methyl/N-ethyl adjacent to an activating group) is 2. The summed E-state index contributed by atoms with van der Waals surface area (Å²) in [5.74, 6) is -0.903. The molecule has 10 heteroatoms. The summed E-state index contributed by atoms with van der Waals surface area (Å²) in [4.78, 5) is 39.5. The molecule has 1 aliphatic rings. The van der Waals surface area contributed by atoms with Crippen LogP contribution in [0.4, 0.5) is 11.5 Å². The molecule has 0 saturated heterocycles. The molecule has 0 fully saturated rings. The largest absolute Gasteiger partial charge is 0.481 e. The number of benzene rings is 1. The fourth-order valence-corrected chi connectivity index (χ4v) is 3.47. The Kier molecular flexibility index (Phi) is 6.68. The molecule has 0 spiro atoms. The maximum Gasteiger partial charge on any atom is 0.305 e. The molecule has 164 valence electrons. The Balaban J connectivity index is 1.65. The predicted octanol–water partition coefficient (Wildman–Crippen LogP) is 0.878. The predicted molar refractivity (Wildman–Crippen MR) is 115 cm³/mol. The lowest BCUT2D eigenvalue weighted by Gasteiger charge is -2.27. The number of aryl methyl sites for hydroxylation is 1. The van der Waals surface area contributed by atoms with Gasteiger partial charge in [0.1, 0.15) is 11.9 Å². The number of hydrogen-bond acceptors (Lipinski definition) is 7. The van der Waals surface area contributed by atoms with E-state index in [9.17, 15) is 14.4 Å². The first-order chi connectivity index (χ1) is 14.8. The molecule has 0 bridgehead atoms. The van der Waals surface area contributed by atoms with Crippen LogP contribution in [-0.4, -0.2) is 71.2 Å². The first-order valence-electron chi connectivity index (χ1n) is 9.91. The van der Waals surface area contributed by atoms with Crippen LogP contribution in [0.3, 0.4) is 0 Å². The summed E-state index contributed by atoms with van der Waals surface area (Å²) in [6.45, 7) is 3.04. The van der Waals surface area contributed by atoms with E-state index in [1.807, 2.05) is 19.1 Å². The molecule has 1 aliphatic heterocycles. The smallest absolute Gasteiger partial charge is 0.305 e. The molecule has 3 N–H and O–H groups in total. The van der Waals surface area contributed by atoms with E-state index in [1.165, 1.54) is 4.90 Å². The number of nitrogens with zero attached hydrogens (tertiary/aromatic N) is 4. The van der Waals surface area contributed by atoms with Crippen molar-refractivity contribution in [2.24, 2.45) is 0 Å². The fraction of sp³-hybridized carbons (Fsp3) is 0.381. The van der Waals surface area contributed by atoms with Crippen LogP contribution in [0.2, 0.25) is 0 Å². The van der Waals surface area contributed by atoms with Gasteiger partial charge in [0, 0.05) is 45.0 Å². The molecule has 2 amide bonds. The number of carboxylic acid groups (broad SMARTS) is 1. The van der Waals surface area contributed by atoms with E-state index in [-0.39, 0.29) is 18.2 Å². The Hall–Kier alpha value is -3.69. The van der Waals surface area contributed by atoms with Crippen molar-refractivity contribution in [3.63, 3.8) is 0 Å². The van der Waals surface area contributed by atoms with Crippen molar-refractivity contribution in [1.29, 1.82) is 0 Å². The highest BCUT2D eigenvalue weighted by Gasteiger charge is 2.33. The van der Waals surface area contributed by atoms with E-state index >= 15 is 0 Å². The zero-order chi connectivity index (χ0) is 22.5. The van der Waals surface area contributed by atoms with Crippen LogP contribution in [0.1, 0.15) is 28.0 Å². The second-order valence-electron chi connectivity index (χ2n) is 7.50. The lowest BCUT2D eigenvalue weighted by molar-refractivity contribution is -0.141. The third-order valence-electron chi connectivity index (χ3n) is 5.14. The van der Waals surface area contributed by atoms with Gasteiger partial charge >= 0.3 is 5.97 Å². The van der Waals surface area contributed by atoms with Gasteiger partial charge in [-0.15, -0.1) is 5.10 Å². The Morgan fingerprint density at radius 2 is 1.94 bits per heavy atom. The molecule has 1 aromatic heterocycles. The SMILES string of the molecule is Cc1ccc(NCCNC(=O)c2ccc3c(c2)CN(C)C(=O)C(CC(=O)O)N3C)nn1. The lowest BCUT2D eigenvalue weighted by atomic mass is 10.1. The first-order valence-corrected chi connectivity index (χ1v) is 9.91. The zero-order valence-corrected chi connectivity index (χ0v) is 17.8. The van der Waals surface area contributed by atoms with Crippen LogP contribution >= 0.6 is 0 Å². The zero-order valence-electron chi connectivity index (χ0n) is 17.8. The molecule has 0 aliphatic carbocycles. The molecule has 0 radical (unpaired) electrons. The van der Waals surface area contributed by atoms with E-state index in [1.54, 1.807) is 37.2 Å². The number of aliphatic carboxylic acids is 1. The molecular weight excluding hydrogens is 400 g/mol. The van der Waals surface area contributed by atoms with Crippen LogP contribution in [0.25, 0.3) is 0 Å². The number of hydrogen-bond donors (Lipinski definition) is 3. The molecule has 3 rings (SSSR count). The van der Waals surface area contributed by atoms with Crippen molar-refractivity contribution in [1.82, 2.24) is 20.4 Å². The highest BCUT2D eigenvalue weighted by Crippen LogP contribution is 2.29. The number of carbonyl (C=O) groups excluding carboxylic acids is 2. The Labute approximate surface area is 180 Å². The molecule has 31 heavy (non-hydrogen) atoms. The second-order valence-corrected chi connectivity index (χ2v) is 7.50. The van der Waals surface area contributed by atoms with Crippen molar-refractivity contribution in [3.05, 3.63) is 47.2 Å². The number of fused-ring (bicyclic) bond motifs is 1. The fourth-order valence-electron chi connectivity index (χ4n) is 3.47. The van der Waals surface area contributed by atoms with Crippen molar-refractivity contribution in [2.45, 2.75) is 25.9 Å². The average molecular weight is 426 g/mol. The van der Waals surface area contributed by atoms with Crippen molar-refractivity contribution < 1.29 is 19.5 Å². The summed E-state index contributed by atoms with van der Waals surface area (Å²) in [7, 11) is 3.33. The number of aromatic nitrogens is 2. The molecule has 1 unspecified atom stereocenters. The number of amides is 2. The summed E-state index contributed by atoms with van der Waals surface area (Å²) >= 11 is 0. The van der Waals surface area contributed by atoms with Gasteiger partial charge in [-0.05, 0) is 42.8 Å². The Bertz CT molecular complexity index is 978. The van der Waals surface area contributed by atoms with Crippen molar-refractivity contribution in [3.8, 4) is 0 Å². The van der Waals surface area contributed by atoms with E-state index in [4.69, 9.17) is 5.11 Å². The number of anilines is 2. The molecule has 10 nitrogen and oxygen atoms in total. The minimum atomic E-state index is -1.04. The summed E-state index contributed by atoms with van der Waals surface area (Å²) in [6.07, 6.45) is -0.292. The van der Waals surface area contributed by atoms with Crippen LogP contribution in [0, 0.1) is 6.92 Å². The monoisotopic (exact) mass is 426 g/mol.